The SMILES string of the molecule is CC(C)(CCC(=O)O)Nc1cc(F)c(I)cc1[N+](=O)[O-]. The Morgan fingerprint density at radius 3 is 2.65 bits per heavy atom. The van der Waals surface area contributed by atoms with E-state index in [1.807, 2.05) is 0 Å². The Bertz CT molecular complexity index is 549. The molecule has 0 aromatic heterocycles. The number of nitrogens with zero attached hydrogens (tertiary/aromatic N) is 1. The molecular weight excluding hydrogens is 382 g/mol. The topological polar surface area (TPSA) is 92.5 Å². The van der Waals surface area contributed by atoms with Gasteiger partial charge in [-0.2, -0.15) is 0 Å². The summed E-state index contributed by atoms with van der Waals surface area (Å²) in [4.78, 5) is 21.0. The van der Waals surface area contributed by atoms with E-state index in [4.69, 9.17) is 5.11 Å². The molecule has 1 rings (SSSR count). The molecule has 0 unspecified atom stereocenters. The number of hydrogen-bond acceptors (Lipinski definition) is 4. The Morgan fingerprint density at radius 2 is 2.15 bits per heavy atom. The van der Waals surface area contributed by atoms with Crippen molar-refractivity contribution in [3.8, 4) is 0 Å². The fraction of sp³-hybridized carbons (Fsp3) is 0.417. The first-order valence-electron chi connectivity index (χ1n) is 5.76. The van der Waals surface area contributed by atoms with E-state index in [-0.39, 0.29) is 27.8 Å². The number of anilines is 1. The van der Waals surface area contributed by atoms with Crippen LogP contribution in [0.3, 0.4) is 0 Å². The number of hydrogen-bond donors (Lipinski definition) is 2. The Morgan fingerprint density at radius 1 is 1.55 bits per heavy atom. The number of carboxylic acids is 1. The van der Waals surface area contributed by atoms with Crippen molar-refractivity contribution in [2.24, 2.45) is 0 Å². The van der Waals surface area contributed by atoms with Crippen LogP contribution in [0, 0.1) is 19.5 Å². The molecule has 0 atom stereocenters. The van der Waals surface area contributed by atoms with Crippen LogP contribution in [0.15, 0.2) is 12.1 Å². The summed E-state index contributed by atoms with van der Waals surface area (Å²) in [5.41, 5.74) is -0.898. The lowest BCUT2D eigenvalue weighted by Gasteiger charge is -2.26. The normalized spacial score (nSPS) is 11.2. The largest absolute Gasteiger partial charge is 0.481 e. The van der Waals surface area contributed by atoms with Crippen LogP contribution in [0.25, 0.3) is 0 Å². The van der Waals surface area contributed by atoms with Gasteiger partial charge < -0.3 is 10.4 Å². The van der Waals surface area contributed by atoms with Crippen LogP contribution in [0.5, 0.6) is 0 Å². The number of halogens is 2. The summed E-state index contributed by atoms with van der Waals surface area (Å²) in [6.07, 6.45) is 0.174. The zero-order valence-electron chi connectivity index (χ0n) is 10.9. The smallest absolute Gasteiger partial charge is 0.303 e. The fourth-order valence-electron chi connectivity index (χ4n) is 1.63. The van der Waals surface area contributed by atoms with Crippen LogP contribution < -0.4 is 5.32 Å². The lowest BCUT2D eigenvalue weighted by atomic mass is 9.97. The van der Waals surface area contributed by atoms with Crippen LogP contribution in [0.2, 0.25) is 0 Å². The zero-order chi connectivity index (χ0) is 15.5. The molecule has 0 saturated heterocycles. The van der Waals surface area contributed by atoms with Crippen molar-refractivity contribution >= 4 is 39.9 Å². The Kier molecular flexibility index (Phi) is 5.26. The Hall–Kier alpha value is -1.45. The Balaban J connectivity index is 3.04. The van der Waals surface area contributed by atoms with Gasteiger partial charge in [-0.3, -0.25) is 14.9 Å². The van der Waals surface area contributed by atoms with Crippen LogP contribution in [0.1, 0.15) is 26.7 Å². The lowest BCUT2D eigenvalue weighted by molar-refractivity contribution is -0.384. The summed E-state index contributed by atoms with van der Waals surface area (Å²) in [6, 6.07) is 2.20. The van der Waals surface area contributed by atoms with Crippen LogP contribution in [0.4, 0.5) is 15.8 Å². The molecule has 2 N–H and O–H groups in total. The van der Waals surface area contributed by atoms with E-state index < -0.39 is 22.2 Å². The van der Waals surface area contributed by atoms with Crippen molar-refractivity contribution in [2.45, 2.75) is 32.2 Å². The fourth-order valence-corrected chi connectivity index (χ4v) is 2.08. The summed E-state index contributed by atoms with van der Waals surface area (Å²) in [7, 11) is 0. The molecule has 0 aliphatic rings. The number of rotatable bonds is 6. The predicted octanol–water partition coefficient (Wildman–Crippen LogP) is 3.39. The third-order valence-electron chi connectivity index (χ3n) is 2.67. The number of carbonyl (C=O) groups is 1. The van der Waals surface area contributed by atoms with Crippen molar-refractivity contribution in [1.29, 1.82) is 0 Å². The molecule has 110 valence electrons. The van der Waals surface area contributed by atoms with E-state index in [1.165, 1.54) is 0 Å². The first-order valence-corrected chi connectivity index (χ1v) is 6.84. The molecule has 0 fully saturated rings. The molecule has 0 saturated carbocycles. The number of nitro groups is 1. The molecule has 1 aromatic carbocycles. The summed E-state index contributed by atoms with van der Waals surface area (Å²) >= 11 is 1.68. The highest BCUT2D eigenvalue weighted by molar-refractivity contribution is 14.1. The maximum absolute atomic E-state index is 13.5. The van der Waals surface area contributed by atoms with E-state index in [0.29, 0.717) is 0 Å². The van der Waals surface area contributed by atoms with Crippen molar-refractivity contribution < 1.29 is 19.2 Å². The van der Waals surface area contributed by atoms with Crippen LogP contribution >= 0.6 is 22.6 Å². The quantitative estimate of drug-likeness (QED) is 0.437. The highest BCUT2D eigenvalue weighted by atomic mass is 127. The molecule has 0 heterocycles. The van der Waals surface area contributed by atoms with Gasteiger partial charge in [0, 0.05) is 24.1 Å². The number of aliphatic carboxylic acids is 1. The summed E-state index contributed by atoms with van der Waals surface area (Å²) in [5, 5.41) is 22.5. The minimum absolute atomic E-state index is 0.0447. The van der Waals surface area contributed by atoms with Gasteiger partial charge in [-0.25, -0.2) is 4.39 Å². The minimum atomic E-state index is -0.955. The maximum Gasteiger partial charge on any atom is 0.303 e. The molecule has 6 nitrogen and oxygen atoms in total. The monoisotopic (exact) mass is 396 g/mol. The maximum atomic E-state index is 13.5. The molecule has 0 amide bonds. The number of carboxylic acid groups (broad SMARTS) is 1. The summed E-state index contributed by atoms with van der Waals surface area (Å²) in [5.74, 6) is -1.52. The number of nitrogens with one attached hydrogen (secondary N) is 1. The standard InChI is InChI=1S/C12H14FIN2O4/c1-12(2,4-3-11(17)18)15-9-5-7(13)8(14)6-10(9)16(19)20/h5-6,15H,3-4H2,1-2H3,(H,17,18). The number of nitro benzene ring substituents is 1. The van der Waals surface area contributed by atoms with E-state index >= 15 is 0 Å². The van der Waals surface area contributed by atoms with Gasteiger partial charge in [0.05, 0.1) is 8.49 Å². The molecular formula is C12H14FIN2O4. The average molecular weight is 396 g/mol. The Labute approximate surface area is 128 Å². The lowest BCUT2D eigenvalue weighted by Crippen LogP contribution is -2.32. The summed E-state index contributed by atoms with van der Waals surface area (Å²) in [6.45, 7) is 3.41. The third kappa shape index (κ3) is 4.58. The molecule has 0 spiro atoms. The second-order valence-electron chi connectivity index (χ2n) is 4.94. The first-order chi connectivity index (χ1) is 9.12. The van der Waals surface area contributed by atoms with Gasteiger partial charge in [0.2, 0.25) is 0 Å². The van der Waals surface area contributed by atoms with Gasteiger partial charge >= 0.3 is 5.97 Å². The van der Waals surface area contributed by atoms with Gasteiger partial charge in [-0.15, -0.1) is 0 Å². The molecule has 20 heavy (non-hydrogen) atoms. The molecule has 0 bridgehead atoms. The zero-order valence-corrected chi connectivity index (χ0v) is 13.1. The molecule has 8 heteroatoms. The van der Waals surface area contributed by atoms with E-state index in [9.17, 15) is 19.3 Å². The second-order valence-corrected chi connectivity index (χ2v) is 6.11. The highest BCUT2D eigenvalue weighted by Crippen LogP contribution is 2.31. The van der Waals surface area contributed by atoms with E-state index in [1.54, 1.807) is 36.4 Å². The third-order valence-corrected chi connectivity index (χ3v) is 3.50. The first kappa shape index (κ1) is 16.6. The van der Waals surface area contributed by atoms with Gasteiger partial charge in [-0.05, 0) is 42.9 Å². The van der Waals surface area contributed by atoms with Crippen molar-refractivity contribution in [3.05, 3.63) is 31.6 Å². The predicted molar refractivity (Wildman–Crippen MR) is 80.3 cm³/mol. The van der Waals surface area contributed by atoms with Crippen molar-refractivity contribution in [3.63, 3.8) is 0 Å². The minimum Gasteiger partial charge on any atom is -0.481 e. The summed E-state index contributed by atoms with van der Waals surface area (Å²) < 4.78 is 13.7. The van der Waals surface area contributed by atoms with Gasteiger partial charge in [-0.1, -0.05) is 0 Å². The van der Waals surface area contributed by atoms with Gasteiger partial charge in [0.15, 0.2) is 0 Å². The molecule has 0 aliphatic heterocycles. The van der Waals surface area contributed by atoms with E-state index in [0.717, 1.165) is 12.1 Å². The molecule has 0 radical (unpaired) electrons. The highest BCUT2D eigenvalue weighted by Gasteiger charge is 2.24. The molecule has 0 aliphatic carbocycles. The van der Waals surface area contributed by atoms with Crippen LogP contribution in [-0.2, 0) is 4.79 Å². The van der Waals surface area contributed by atoms with Crippen molar-refractivity contribution in [1.82, 2.24) is 0 Å². The second kappa shape index (κ2) is 6.33. The van der Waals surface area contributed by atoms with Gasteiger partial charge in [0.1, 0.15) is 11.5 Å². The average Bonchev–Trinajstić information content (AvgIpc) is 2.30. The van der Waals surface area contributed by atoms with Crippen molar-refractivity contribution in [2.75, 3.05) is 5.32 Å². The van der Waals surface area contributed by atoms with Crippen LogP contribution in [-0.4, -0.2) is 21.5 Å². The molecule has 1 aromatic rings. The number of benzene rings is 1. The van der Waals surface area contributed by atoms with Gasteiger partial charge in [0.25, 0.3) is 5.69 Å². The van der Waals surface area contributed by atoms with E-state index in [2.05, 4.69) is 5.32 Å².